The molecule has 0 radical (unpaired) electrons. The summed E-state index contributed by atoms with van der Waals surface area (Å²) >= 11 is 5.75. The number of amides is 1. The quantitative estimate of drug-likeness (QED) is 0.749. The standard InChI is InChI=1S/C16H11ClFN3O/c17-11-5-4-9(8-12(11)18)15-20-13-3-1-2-10-14(13)21(15)7-6-19-16(10)22/h1-5,8H,6-7H2,(H,19,22). The Morgan fingerprint density at radius 3 is 2.95 bits per heavy atom. The summed E-state index contributed by atoms with van der Waals surface area (Å²) in [5.74, 6) is 0.0367. The summed E-state index contributed by atoms with van der Waals surface area (Å²) in [6, 6.07) is 10.0. The van der Waals surface area contributed by atoms with Crippen molar-refractivity contribution in [3.63, 3.8) is 0 Å². The zero-order valence-corrected chi connectivity index (χ0v) is 12.2. The molecule has 0 saturated carbocycles. The van der Waals surface area contributed by atoms with Gasteiger partial charge in [0.25, 0.3) is 5.91 Å². The van der Waals surface area contributed by atoms with E-state index in [0.29, 0.717) is 30.0 Å². The Balaban J connectivity index is 2.03. The molecular formula is C16H11ClFN3O. The van der Waals surface area contributed by atoms with E-state index in [1.54, 1.807) is 18.2 Å². The molecule has 1 aliphatic heterocycles. The minimum Gasteiger partial charge on any atom is -0.350 e. The number of imidazole rings is 1. The topological polar surface area (TPSA) is 46.9 Å². The summed E-state index contributed by atoms with van der Waals surface area (Å²) in [6.45, 7) is 1.08. The summed E-state index contributed by atoms with van der Waals surface area (Å²) in [6.07, 6.45) is 0. The van der Waals surface area contributed by atoms with Crippen molar-refractivity contribution in [2.75, 3.05) is 6.54 Å². The van der Waals surface area contributed by atoms with E-state index in [0.717, 1.165) is 11.0 Å². The van der Waals surface area contributed by atoms with Gasteiger partial charge in [-0.3, -0.25) is 4.79 Å². The molecule has 0 bridgehead atoms. The van der Waals surface area contributed by atoms with Crippen LogP contribution in [0, 0.1) is 5.82 Å². The molecule has 2 aromatic carbocycles. The zero-order valence-electron chi connectivity index (χ0n) is 11.4. The molecule has 0 aliphatic carbocycles. The summed E-state index contributed by atoms with van der Waals surface area (Å²) in [4.78, 5) is 16.7. The van der Waals surface area contributed by atoms with E-state index in [-0.39, 0.29) is 10.9 Å². The van der Waals surface area contributed by atoms with Gasteiger partial charge in [-0.05, 0) is 30.3 Å². The van der Waals surface area contributed by atoms with Gasteiger partial charge in [-0.25, -0.2) is 9.37 Å². The molecule has 4 nitrogen and oxygen atoms in total. The molecule has 0 atom stereocenters. The van der Waals surface area contributed by atoms with E-state index < -0.39 is 5.82 Å². The van der Waals surface area contributed by atoms with Gasteiger partial charge in [0.1, 0.15) is 11.6 Å². The van der Waals surface area contributed by atoms with Crippen molar-refractivity contribution in [1.82, 2.24) is 14.9 Å². The first-order valence-electron chi connectivity index (χ1n) is 6.88. The van der Waals surface area contributed by atoms with Crippen LogP contribution in [0.2, 0.25) is 5.02 Å². The highest BCUT2D eigenvalue weighted by molar-refractivity contribution is 6.30. The molecule has 0 saturated heterocycles. The van der Waals surface area contributed by atoms with Crippen LogP contribution in [0.3, 0.4) is 0 Å². The van der Waals surface area contributed by atoms with Crippen LogP contribution < -0.4 is 5.32 Å². The van der Waals surface area contributed by atoms with Gasteiger partial charge in [0.2, 0.25) is 0 Å². The Labute approximate surface area is 130 Å². The third kappa shape index (κ3) is 1.89. The third-order valence-corrected chi connectivity index (χ3v) is 4.12. The van der Waals surface area contributed by atoms with Crippen LogP contribution in [0.25, 0.3) is 22.4 Å². The first-order chi connectivity index (χ1) is 10.6. The van der Waals surface area contributed by atoms with Crippen LogP contribution >= 0.6 is 11.6 Å². The van der Waals surface area contributed by atoms with Crippen molar-refractivity contribution in [2.45, 2.75) is 6.54 Å². The molecule has 3 aromatic rings. The number of hydrogen-bond acceptors (Lipinski definition) is 2. The Morgan fingerprint density at radius 2 is 2.14 bits per heavy atom. The Bertz CT molecular complexity index is 919. The summed E-state index contributed by atoms with van der Waals surface area (Å²) in [5, 5.41) is 2.93. The maximum Gasteiger partial charge on any atom is 0.253 e. The fourth-order valence-electron chi connectivity index (χ4n) is 2.82. The highest BCUT2D eigenvalue weighted by Crippen LogP contribution is 2.29. The number of aromatic nitrogens is 2. The lowest BCUT2D eigenvalue weighted by atomic mass is 10.1. The molecule has 110 valence electrons. The van der Waals surface area contributed by atoms with Crippen molar-refractivity contribution >= 4 is 28.5 Å². The number of carbonyl (C=O) groups excluding carboxylic acids is 1. The minimum absolute atomic E-state index is 0.0771. The SMILES string of the molecule is O=C1NCCn2c(-c3ccc(Cl)c(F)c3)nc3cccc1c32. The molecule has 6 heteroatoms. The molecule has 4 rings (SSSR count). The Kier molecular flexibility index (Phi) is 2.90. The predicted molar refractivity (Wildman–Crippen MR) is 82.5 cm³/mol. The summed E-state index contributed by atoms with van der Waals surface area (Å²) < 4.78 is 15.7. The van der Waals surface area contributed by atoms with Crippen LogP contribution in [-0.2, 0) is 6.54 Å². The number of halogens is 2. The van der Waals surface area contributed by atoms with Crippen LogP contribution in [0.15, 0.2) is 36.4 Å². The van der Waals surface area contributed by atoms with Gasteiger partial charge < -0.3 is 9.88 Å². The summed E-state index contributed by atoms with van der Waals surface area (Å²) in [7, 11) is 0. The average molecular weight is 316 g/mol. The molecule has 0 fully saturated rings. The van der Waals surface area contributed by atoms with E-state index in [1.807, 2.05) is 10.6 Å². The monoisotopic (exact) mass is 315 g/mol. The zero-order chi connectivity index (χ0) is 15.3. The highest BCUT2D eigenvalue weighted by Gasteiger charge is 2.21. The number of nitrogens with zero attached hydrogens (tertiary/aromatic N) is 2. The molecule has 1 amide bonds. The maximum absolute atomic E-state index is 13.8. The number of benzene rings is 2. The van der Waals surface area contributed by atoms with E-state index in [4.69, 9.17) is 11.6 Å². The van der Waals surface area contributed by atoms with E-state index in [1.165, 1.54) is 12.1 Å². The Hall–Kier alpha value is -2.40. The smallest absolute Gasteiger partial charge is 0.253 e. The highest BCUT2D eigenvalue weighted by atomic mass is 35.5. The molecule has 0 unspecified atom stereocenters. The van der Waals surface area contributed by atoms with Gasteiger partial charge in [-0.1, -0.05) is 17.7 Å². The van der Waals surface area contributed by atoms with E-state index >= 15 is 0 Å². The van der Waals surface area contributed by atoms with Crippen molar-refractivity contribution in [2.24, 2.45) is 0 Å². The average Bonchev–Trinajstić information content (AvgIpc) is 2.79. The van der Waals surface area contributed by atoms with Crippen LogP contribution in [-0.4, -0.2) is 22.0 Å². The van der Waals surface area contributed by atoms with Gasteiger partial charge in [0, 0.05) is 18.7 Å². The van der Waals surface area contributed by atoms with Crippen LogP contribution in [0.1, 0.15) is 10.4 Å². The first-order valence-corrected chi connectivity index (χ1v) is 7.26. The van der Waals surface area contributed by atoms with Gasteiger partial charge in [-0.2, -0.15) is 0 Å². The molecule has 1 aliphatic rings. The largest absolute Gasteiger partial charge is 0.350 e. The van der Waals surface area contributed by atoms with Crippen molar-refractivity contribution in [1.29, 1.82) is 0 Å². The maximum atomic E-state index is 13.8. The van der Waals surface area contributed by atoms with Crippen molar-refractivity contribution in [3.8, 4) is 11.4 Å². The van der Waals surface area contributed by atoms with E-state index in [2.05, 4.69) is 10.3 Å². The molecule has 1 aromatic heterocycles. The third-order valence-electron chi connectivity index (χ3n) is 3.81. The molecule has 1 N–H and O–H groups in total. The second-order valence-electron chi connectivity index (χ2n) is 5.15. The summed E-state index contributed by atoms with van der Waals surface area (Å²) in [5.41, 5.74) is 2.73. The van der Waals surface area contributed by atoms with Crippen LogP contribution in [0.5, 0.6) is 0 Å². The lowest BCUT2D eigenvalue weighted by Gasteiger charge is -2.07. The fraction of sp³-hybridized carbons (Fsp3) is 0.125. The number of carbonyl (C=O) groups is 1. The number of hydrogen-bond donors (Lipinski definition) is 1. The second-order valence-corrected chi connectivity index (χ2v) is 5.55. The van der Waals surface area contributed by atoms with Crippen molar-refractivity contribution < 1.29 is 9.18 Å². The number of para-hydroxylation sites is 1. The van der Waals surface area contributed by atoms with Gasteiger partial charge in [0.05, 0.1) is 21.6 Å². The lowest BCUT2D eigenvalue weighted by Crippen LogP contribution is -2.24. The molecule has 2 heterocycles. The second kappa shape index (κ2) is 4.81. The number of rotatable bonds is 1. The van der Waals surface area contributed by atoms with Gasteiger partial charge in [0.15, 0.2) is 0 Å². The van der Waals surface area contributed by atoms with Gasteiger partial charge in [-0.15, -0.1) is 0 Å². The van der Waals surface area contributed by atoms with Crippen molar-refractivity contribution in [3.05, 3.63) is 52.8 Å². The normalized spacial score (nSPS) is 14.0. The molecule has 22 heavy (non-hydrogen) atoms. The lowest BCUT2D eigenvalue weighted by molar-refractivity contribution is 0.0956. The molecule has 0 spiro atoms. The fourth-order valence-corrected chi connectivity index (χ4v) is 2.94. The first kappa shape index (κ1) is 13.3. The number of nitrogens with one attached hydrogen (secondary N) is 1. The van der Waals surface area contributed by atoms with Crippen LogP contribution in [0.4, 0.5) is 4.39 Å². The molecular weight excluding hydrogens is 305 g/mol. The predicted octanol–water partition coefficient (Wildman–Crippen LogP) is 3.24. The minimum atomic E-state index is -0.484. The Morgan fingerprint density at radius 1 is 1.27 bits per heavy atom. The van der Waals surface area contributed by atoms with Gasteiger partial charge >= 0.3 is 0 Å². The van der Waals surface area contributed by atoms with E-state index in [9.17, 15) is 9.18 Å².